The third-order valence-corrected chi connectivity index (χ3v) is 1.96. The molecule has 1 saturated heterocycles. The van der Waals surface area contributed by atoms with Gasteiger partial charge in [0.1, 0.15) is 0 Å². The van der Waals surface area contributed by atoms with Gasteiger partial charge in [0.2, 0.25) is 0 Å². The average molecular weight is 142 g/mol. The second-order valence-electron chi connectivity index (χ2n) is 2.72. The van der Waals surface area contributed by atoms with Crippen molar-refractivity contribution in [1.29, 1.82) is 5.41 Å². The van der Waals surface area contributed by atoms with E-state index in [1.54, 1.807) is 0 Å². The van der Waals surface area contributed by atoms with E-state index < -0.39 is 0 Å². The Bertz CT molecular complexity index is 134. The normalized spacial score (nSPS) is 25.3. The van der Waals surface area contributed by atoms with E-state index in [1.165, 1.54) is 0 Å². The van der Waals surface area contributed by atoms with Gasteiger partial charge in [-0.3, -0.25) is 5.41 Å². The first-order valence-corrected chi connectivity index (χ1v) is 3.53. The number of nitrogens with two attached hydrogens (primary N) is 2. The summed E-state index contributed by atoms with van der Waals surface area (Å²) in [6.45, 7) is 2.48. The topological polar surface area (TPSA) is 79.1 Å². The molecule has 0 aromatic heterocycles. The highest BCUT2D eigenvalue weighted by atomic mass is 15.2. The fourth-order valence-corrected chi connectivity index (χ4v) is 1.24. The summed E-state index contributed by atoms with van der Waals surface area (Å²) in [5.74, 6) is 0.722. The number of rotatable bonds is 1. The highest BCUT2D eigenvalue weighted by Crippen LogP contribution is 2.13. The van der Waals surface area contributed by atoms with E-state index in [2.05, 4.69) is 0 Å². The largest absolute Gasteiger partial charge is 0.370 e. The average Bonchev–Trinajstić information content (AvgIpc) is 2.34. The van der Waals surface area contributed by atoms with Gasteiger partial charge in [-0.05, 0) is 18.9 Å². The van der Waals surface area contributed by atoms with E-state index >= 15 is 0 Å². The standard InChI is InChI=1S/C6H14N4/c7-3-5-1-2-10(4-5)6(8)9/h5H,1-4,7H2,(H3,8,9)/t5-/m0/s1. The minimum absolute atomic E-state index is 0.177. The molecule has 1 atom stereocenters. The summed E-state index contributed by atoms with van der Waals surface area (Å²) in [5.41, 5.74) is 10.7. The number of nitrogens with one attached hydrogen (secondary N) is 1. The van der Waals surface area contributed by atoms with Gasteiger partial charge in [-0.2, -0.15) is 0 Å². The first-order valence-electron chi connectivity index (χ1n) is 3.53. The van der Waals surface area contributed by atoms with Crippen molar-refractivity contribution in [3.63, 3.8) is 0 Å². The monoisotopic (exact) mass is 142 g/mol. The van der Waals surface area contributed by atoms with Crippen molar-refractivity contribution in [2.45, 2.75) is 6.42 Å². The van der Waals surface area contributed by atoms with Gasteiger partial charge in [0, 0.05) is 13.1 Å². The molecule has 0 unspecified atom stereocenters. The van der Waals surface area contributed by atoms with Gasteiger partial charge in [-0.15, -0.1) is 0 Å². The minimum atomic E-state index is 0.177. The van der Waals surface area contributed by atoms with Crippen LogP contribution in [0.3, 0.4) is 0 Å². The number of hydrogen-bond acceptors (Lipinski definition) is 2. The lowest BCUT2D eigenvalue weighted by Gasteiger charge is -2.14. The molecule has 0 radical (unpaired) electrons. The fourth-order valence-electron chi connectivity index (χ4n) is 1.24. The van der Waals surface area contributed by atoms with Crippen LogP contribution in [0.2, 0.25) is 0 Å². The molecule has 1 aliphatic heterocycles. The van der Waals surface area contributed by atoms with E-state index in [9.17, 15) is 0 Å². The van der Waals surface area contributed by atoms with E-state index in [4.69, 9.17) is 16.9 Å². The van der Waals surface area contributed by atoms with Gasteiger partial charge in [0.15, 0.2) is 5.96 Å². The Balaban J connectivity index is 2.35. The second kappa shape index (κ2) is 2.88. The molecule has 4 heteroatoms. The number of nitrogens with zero attached hydrogens (tertiary/aromatic N) is 1. The molecule has 4 nitrogen and oxygen atoms in total. The molecule has 5 N–H and O–H groups in total. The van der Waals surface area contributed by atoms with Gasteiger partial charge in [-0.25, -0.2) is 0 Å². The molecule has 1 heterocycles. The van der Waals surface area contributed by atoms with Crippen molar-refractivity contribution in [2.75, 3.05) is 19.6 Å². The Kier molecular flexibility index (Phi) is 2.11. The van der Waals surface area contributed by atoms with Crippen LogP contribution < -0.4 is 11.5 Å². The maximum atomic E-state index is 7.12. The van der Waals surface area contributed by atoms with Crippen molar-refractivity contribution < 1.29 is 0 Å². The van der Waals surface area contributed by atoms with Crippen LogP contribution in [-0.2, 0) is 0 Å². The van der Waals surface area contributed by atoms with Crippen LogP contribution >= 0.6 is 0 Å². The van der Waals surface area contributed by atoms with Crippen LogP contribution in [-0.4, -0.2) is 30.5 Å². The third kappa shape index (κ3) is 1.39. The molecule has 0 amide bonds. The predicted octanol–water partition coefficient (Wildman–Crippen LogP) is -0.840. The van der Waals surface area contributed by atoms with E-state index in [1.807, 2.05) is 4.90 Å². The lowest BCUT2D eigenvalue weighted by atomic mass is 10.1. The molecule has 0 spiro atoms. The molecule has 1 rings (SSSR count). The van der Waals surface area contributed by atoms with E-state index in [-0.39, 0.29) is 5.96 Å². The van der Waals surface area contributed by atoms with Crippen molar-refractivity contribution >= 4 is 5.96 Å². The summed E-state index contributed by atoms with van der Waals surface area (Å²) in [7, 11) is 0. The lowest BCUT2D eigenvalue weighted by molar-refractivity contribution is 0.476. The van der Waals surface area contributed by atoms with Gasteiger partial charge >= 0.3 is 0 Å². The van der Waals surface area contributed by atoms with Gasteiger partial charge < -0.3 is 16.4 Å². The molecule has 0 aromatic rings. The molecule has 58 valence electrons. The summed E-state index contributed by atoms with van der Waals surface area (Å²) in [6.07, 6.45) is 1.08. The molecule has 0 bridgehead atoms. The first kappa shape index (κ1) is 7.34. The lowest BCUT2D eigenvalue weighted by Crippen LogP contribution is -2.34. The molecule has 1 aliphatic rings. The Morgan fingerprint density at radius 3 is 2.70 bits per heavy atom. The highest BCUT2D eigenvalue weighted by Gasteiger charge is 2.21. The molecule has 10 heavy (non-hydrogen) atoms. The fraction of sp³-hybridized carbons (Fsp3) is 0.833. The summed E-state index contributed by atoms with van der Waals surface area (Å²) < 4.78 is 0. The first-order chi connectivity index (χ1) is 4.74. The van der Waals surface area contributed by atoms with Crippen molar-refractivity contribution in [1.82, 2.24) is 4.90 Å². The van der Waals surface area contributed by atoms with Crippen molar-refractivity contribution in [3.05, 3.63) is 0 Å². The summed E-state index contributed by atoms with van der Waals surface area (Å²) in [6, 6.07) is 0. The molecular weight excluding hydrogens is 128 g/mol. The van der Waals surface area contributed by atoms with Gasteiger partial charge in [0.05, 0.1) is 0 Å². The van der Waals surface area contributed by atoms with E-state index in [0.29, 0.717) is 12.5 Å². The minimum Gasteiger partial charge on any atom is -0.370 e. The summed E-state index contributed by atoms with van der Waals surface area (Å²) in [4.78, 5) is 1.86. The summed E-state index contributed by atoms with van der Waals surface area (Å²) in [5, 5.41) is 7.12. The van der Waals surface area contributed by atoms with Crippen LogP contribution in [0.4, 0.5) is 0 Å². The summed E-state index contributed by atoms with van der Waals surface area (Å²) >= 11 is 0. The quantitative estimate of drug-likeness (QED) is 0.330. The number of likely N-dealkylation sites (tertiary alicyclic amines) is 1. The zero-order valence-corrected chi connectivity index (χ0v) is 6.01. The number of hydrogen-bond donors (Lipinski definition) is 3. The molecular formula is C6H14N4. The zero-order chi connectivity index (χ0) is 7.56. The highest BCUT2D eigenvalue weighted by molar-refractivity contribution is 5.74. The molecule has 0 saturated carbocycles. The van der Waals surface area contributed by atoms with Gasteiger partial charge in [-0.1, -0.05) is 0 Å². The number of guanidine groups is 1. The molecule has 1 fully saturated rings. The second-order valence-corrected chi connectivity index (χ2v) is 2.72. The third-order valence-electron chi connectivity index (χ3n) is 1.96. The van der Waals surface area contributed by atoms with Crippen molar-refractivity contribution in [2.24, 2.45) is 17.4 Å². The predicted molar refractivity (Wildman–Crippen MR) is 40.6 cm³/mol. The SMILES string of the molecule is N=C(N)N1CC[C@@H](CN)C1. The Morgan fingerprint density at radius 2 is 2.40 bits per heavy atom. The Morgan fingerprint density at radius 1 is 1.70 bits per heavy atom. The molecule has 0 aromatic carbocycles. The van der Waals surface area contributed by atoms with Crippen LogP contribution in [0, 0.1) is 11.3 Å². The van der Waals surface area contributed by atoms with Crippen molar-refractivity contribution in [3.8, 4) is 0 Å². The van der Waals surface area contributed by atoms with Crippen LogP contribution in [0.15, 0.2) is 0 Å². The zero-order valence-electron chi connectivity index (χ0n) is 6.01. The Labute approximate surface area is 60.7 Å². The molecule has 0 aliphatic carbocycles. The smallest absolute Gasteiger partial charge is 0.188 e. The van der Waals surface area contributed by atoms with Crippen LogP contribution in [0.5, 0.6) is 0 Å². The maximum absolute atomic E-state index is 7.12. The van der Waals surface area contributed by atoms with Gasteiger partial charge in [0.25, 0.3) is 0 Å². The Hall–Kier alpha value is -0.770. The van der Waals surface area contributed by atoms with E-state index in [0.717, 1.165) is 19.5 Å². The maximum Gasteiger partial charge on any atom is 0.188 e. The van der Waals surface area contributed by atoms with Crippen LogP contribution in [0.1, 0.15) is 6.42 Å². The van der Waals surface area contributed by atoms with Crippen LogP contribution in [0.25, 0.3) is 0 Å².